The van der Waals surface area contributed by atoms with Crippen LogP contribution in [0.4, 0.5) is 0 Å². The average Bonchev–Trinajstić information content (AvgIpc) is 2.22. The number of rotatable bonds is 0. The van der Waals surface area contributed by atoms with E-state index in [1.165, 1.54) is 5.56 Å². The van der Waals surface area contributed by atoms with Gasteiger partial charge in [0.1, 0.15) is 0 Å². The standard InChI is InChI=1S/C13H14O2/c1-8-5-10-3-4-11(7-14)13(15)12(10)6-9(8)2/h5-7,14H,3-4H2,1-2H3. The Bertz CT molecular complexity index is 456. The van der Waals surface area contributed by atoms with Gasteiger partial charge in [0.15, 0.2) is 5.78 Å². The Morgan fingerprint density at radius 1 is 1.20 bits per heavy atom. The van der Waals surface area contributed by atoms with Crippen molar-refractivity contribution < 1.29 is 9.90 Å². The number of fused-ring (bicyclic) bond motifs is 1. The van der Waals surface area contributed by atoms with Crippen LogP contribution in [-0.4, -0.2) is 10.9 Å². The van der Waals surface area contributed by atoms with Gasteiger partial charge in [-0.1, -0.05) is 6.07 Å². The molecule has 2 rings (SSSR count). The fourth-order valence-corrected chi connectivity index (χ4v) is 1.97. The van der Waals surface area contributed by atoms with E-state index in [9.17, 15) is 4.79 Å². The molecular weight excluding hydrogens is 188 g/mol. The first-order chi connectivity index (χ1) is 7.13. The highest BCUT2D eigenvalue weighted by Crippen LogP contribution is 2.27. The molecule has 15 heavy (non-hydrogen) atoms. The quantitative estimate of drug-likeness (QED) is 0.519. The number of ketones is 1. The number of aliphatic hydroxyl groups excluding tert-OH is 1. The van der Waals surface area contributed by atoms with E-state index in [2.05, 4.69) is 13.0 Å². The van der Waals surface area contributed by atoms with Gasteiger partial charge in [0.05, 0.1) is 6.26 Å². The minimum Gasteiger partial charge on any atom is -0.515 e. The molecular formula is C13H14O2. The van der Waals surface area contributed by atoms with Crippen molar-refractivity contribution >= 4 is 5.78 Å². The summed E-state index contributed by atoms with van der Waals surface area (Å²) in [7, 11) is 0. The molecule has 0 amide bonds. The van der Waals surface area contributed by atoms with Gasteiger partial charge < -0.3 is 5.11 Å². The van der Waals surface area contributed by atoms with Crippen LogP contribution >= 0.6 is 0 Å². The Morgan fingerprint density at radius 2 is 1.87 bits per heavy atom. The first kappa shape index (κ1) is 9.97. The maximum absolute atomic E-state index is 11.9. The van der Waals surface area contributed by atoms with Crippen LogP contribution in [-0.2, 0) is 6.42 Å². The molecule has 0 saturated heterocycles. The van der Waals surface area contributed by atoms with Crippen LogP contribution in [0, 0.1) is 13.8 Å². The van der Waals surface area contributed by atoms with Crippen LogP contribution in [0.15, 0.2) is 24.0 Å². The van der Waals surface area contributed by atoms with Crippen LogP contribution < -0.4 is 0 Å². The summed E-state index contributed by atoms with van der Waals surface area (Å²) in [5.41, 5.74) is 4.73. The van der Waals surface area contributed by atoms with Crippen LogP contribution in [0.3, 0.4) is 0 Å². The first-order valence-corrected chi connectivity index (χ1v) is 5.11. The van der Waals surface area contributed by atoms with E-state index in [0.717, 1.165) is 29.4 Å². The molecule has 1 N–H and O–H groups in total. The number of Topliss-reactive ketones (excluding diaryl/α,β-unsaturated/α-hetero) is 1. The van der Waals surface area contributed by atoms with Crippen LogP contribution in [0.5, 0.6) is 0 Å². The molecule has 0 radical (unpaired) electrons. The monoisotopic (exact) mass is 202 g/mol. The fourth-order valence-electron chi connectivity index (χ4n) is 1.97. The average molecular weight is 202 g/mol. The minimum absolute atomic E-state index is 0.0261. The largest absolute Gasteiger partial charge is 0.515 e. The van der Waals surface area contributed by atoms with Crippen LogP contribution in [0.2, 0.25) is 0 Å². The minimum atomic E-state index is -0.0261. The summed E-state index contributed by atoms with van der Waals surface area (Å²) in [5, 5.41) is 8.93. The number of aliphatic hydroxyl groups is 1. The highest BCUT2D eigenvalue weighted by molar-refractivity contribution is 6.10. The van der Waals surface area contributed by atoms with Gasteiger partial charge in [0.2, 0.25) is 0 Å². The Morgan fingerprint density at radius 3 is 2.53 bits per heavy atom. The molecule has 1 aliphatic rings. The molecule has 0 saturated carbocycles. The second kappa shape index (κ2) is 3.54. The zero-order valence-corrected chi connectivity index (χ0v) is 9.00. The molecule has 0 aromatic heterocycles. The number of benzene rings is 1. The lowest BCUT2D eigenvalue weighted by Crippen LogP contribution is -2.14. The molecule has 0 fully saturated rings. The molecule has 2 nitrogen and oxygen atoms in total. The van der Waals surface area contributed by atoms with Crippen LogP contribution in [0.1, 0.15) is 33.5 Å². The molecule has 0 bridgehead atoms. The summed E-state index contributed by atoms with van der Waals surface area (Å²) < 4.78 is 0. The highest BCUT2D eigenvalue weighted by Gasteiger charge is 2.22. The predicted molar refractivity (Wildman–Crippen MR) is 59.3 cm³/mol. The van der Waals surface area contributed by atoms with Gasteiger partial charge in [0.25, 0.3) is 0 Å². The second-order valence-corrected chi connectivity index (χ2v) is 4.08. The third-order valence-electron chi connectivity index (χ3n) is 3.08. The van der Waals surface area contributed by atoms with Crippen molar-refractivity contribution in [1.29, 1.82) is 0 Å². The molecule has 0 heterocycles. The number of carbonyl (C=O) groups is 1. The molecule has 0 atom stereocenters. The number of hydrogen-bond acceptors (Lipinski definition) is 2. The molecule has 1 aliphatic carbocycles. The summed E-state index contributed by atoms with van der Waals surface area (Å²) in [5.74, 6) is -0.0261. The highest BCUT2D eigenvalue weighted by atomic mass is 16.2. The topological polar surface area (TPSA) is 37.3 Å². The summed E-state index contributed by atoms with van der Waals surface area (Å²) in [4.78, 5) is 11.9. The summed E-state index contributed by atoms with van der Waals surface area (Å²) in [6, 6.07) is 4.01. The van der Waals surface area contributed by atoms with E-state index in [1.807, 2.05) is 13.0 Å². The van der Waals surface area contributed by atoms with Crippen molar-refractivity contribution in [3.05, 3.63) is 46.2 Å². The second-order valence-electron chi connectivity index (χ2n) is 4.08. The van der Waals surface area contributed by atoms with Gasteiger partial charge in [-0.3, -0.25) is 4.79 Å². The Kier molecular flexibility index (Phi) is 2.35. The Hall–Kier alpha value is -1.57. The van der Waals surface area contributed by atoms with Crippen LogP contribution in [0.25, 0.3) is 0 Å². The number of hydrogen-bond donors (Lipinski definition) is 1. The molecule has 0 unspecified atom stereocenters. The zero-order chi connectivity index (χ0) is 11.0. The van der Waals surface area contributed by atoms with E-state index >= 15 is 0 Å². The van der Waals surface area contributed by atoms with E-state index in [0.29, 0.717) is 12.0 Å². The summed E-state index contributed by atoms with van der Waals surface area (Å²) >= 11 is 0. The van der Waals surface area contributed by atoms with Gasteiger partial charge in [0, 0.05) is 11.1 Å². The van der Waals surface area contributed by atoms with Crippen molar-refractivity contribution in [3.8, 4) is 0 Å². The van der Waals surface area contributed by atoms with Crippen molar-refractivity contribution in [1.82, 2.24) is 0 Å². The molecule has 0 spiro atoms. The maximum atomic E-state index is 11.9. The smallest absolute Gasteiger partial charge is 0.192 e. The molecule has 0 aliphatic heterocycles. The lowest BCUT2D eigenvalue weighted by atomic mass is 9.85. The normalized spacial score (nSPS) is 18.0. The summed E-state index contributed by atoms with van der Waals surface area (Å²) in [6.07, 6.45) is 2.43. The van der Waals surface area contributed by atoms with Gasteiger partial charge >= 0.3 is 0 Å². The number of allylic oxidation sites excluding steroid dienone is 1. The van der Waals surface area contributed by atoms with Gasteiger partial charge in [-0.05, 0) is 49.4 Å². The molecule has 78 valence electrons. The molecule has 1 aromatic rings. The van der Waals surface area contributed by atoms with E-state index in [-0.39, 0.29) is 5.78 Å². The third-order valence-corrected chi connectivity index (χ3v) is 3.08. The fraction of sp³-hybridized carbons (Fsp3) is 0.308. The van der Waals surface area contributed by atoms with Crippen molar-refractivity contribution in [3.63, 3.8) is 0 Å². The summed E-state index contributed by atoms with van der Waals surface area (Å²) in [6.45, 7) is 4.05. The van der Waals surface area contributed by atoms with Crippen molar-refractivity contribution in [2.45, 2.75) is 26.7 Å². The Labute approximate surface area is 89.2 Å². The zero-order valence-electron chi connectivity index (χ0n) is 9.00. The lowest BCUT2D eigenvalue weighted by molar-refractivity contribution is 0.102. The lowest BCUT2D eigenvalue weighted by Gasteiger charge is -2.18. The molecule has 1 aromatic carbocycles. The van der Waals surface area contributed by atoms with Crippen molar-refractivity contribution in [2.24, 2.45) is 0 Å². The SMILES string of the molecule is Cc1cc2c(cc1C)C(=O)C(=CO)CC2. The predicted octanol–water partition coefficient (Wildman–Crippen LogP) is 2.87. The van der Waals surface area contributed by atoms with Crippen molar-refractivity contribution in [2.75, 3.05) is 0 Å². The van der Waals surface area contributed by atoms with Gasteiger partial charge in [-0.2, -0.15) is 0 Å². The number of carbonyl (C=O) groups excluding carboxylic acids is 1. The molecule has 2 heteroatoms. The van der Waals surface area contributed by atoms with E-state index in [1.54, 1.807) is 0 Å². The van der Waals surface area contributed by atoms with E-state index < -0.39 is 0 Å². The number of aryl methyl sites for hydroxylation is 3. The third kappa shape index (κ3) is 1.56. The Balaban J connectivity index is 2.57. The van der Waals surface area contributed by atoms with E-state index in [4.69, 9.17) is 5.11 Å². The van der Waals surface area contributed by atoms with Gasteiger partial charge in [-0.15, -0.1) is 0 Å². The maximum Gasteiger partial charge on any atom is 0.192 e. The van der Waals surface area contributed by atoms with Gasteiger partial charge in [-0.25, -0.2) is 0 Å². The first-order valence-electron chi connectivity index (χ1n) is 5.11.